The van der Waals surface area contributed by atoms with E-state index in [2.05, 4.69) is 42.6 Å². The summed E-state index contributed by atoms with van der Waals surface area (Å²) in [7, 11) is -3.60. The molecule has 6 nitrogen and oxygen atoms in total. The Kier molecular flexibility index (Phi) is 8.67. The number of nitrogens with one attached hydrogen (secondary N) is 2. The van der Waals surface area contributed by atoms with Gasteiger partial charge in [-0.25, -0.2) is 13.1 Å². The highest BCUT2D eigenvalue weighted by molar-refractivity contribution is 7.89. The molecule has 0 bridgehead atoms. The summed E-state index contributed by atoms with van der Waals surface area (Å²) in [5.41, 5.74) is 1.05. The van der Waals surface area contributed by atoms with E-state index in [0.29, 0.717) is 12.6 Å². The predicted molar refractivity (Wildman–Crippen MR) is 117 cm³/mol. The minimum Gasteiger partial charge on any atom is -0.356 e. The van der Waals surface area contributed by atoms with Gasteiger partial charge in [-0.2, -0.15) is 0 Å². The van der Waals surface area contributed by atoms with E-state index in [1.54, 1.807) is 12.1 Å². The van der Waals surface area contributed by atoms with Crippen LogP contribution in [0.15, 0.2) is 29.2 Å². The van der Waals surface area contributed by atoms with Crippen LogP contribution in [0.25, 0.3) is 0 Å². The number of carbonyl (C=O) groups is 1. The maximum Gasteiger partial charge on any atom is 0.240 e. The molecule has 0 spiro atoms. The molecule has 1 aliphatic heterocycles. The molecule has 0 radical (unpaired) electrons. The van der Waals surface area contributed by atoms with Crippen molar-refractivity contribution < 1.29 is 13.2 Å². The molecule has 1 saturated heterocycles. The van der Waals surface area contributed by atoms with Crippen molar-refractivity contribution in [2.45, 2.75) is 76.2 Å². The zero-order chi connectivity index (χ0) is 21.5. The van der Waals surface area contributed by atoms with E-state index in [0.717, 1.165) is 25.1 Å². The lowest BCUT2D eigenvalue weighted by Gasteiger charge is -2.33. The van der Waals surface area contributed by atoms with E-state index in [1.807, 2.05) is 12.1 Å². The Morgan fingerprint density at radius 2 is 1.83 bits per heavy atom. The Labute approximate surface area is 176 Å². The third-order valence-electron chi connectivity index (χ3n) is 5.56. The number of hydrogen-bond donors (Lipinski definition) is 2. The van der Waals surface area contributed by atoms with Crippen molar-refractivity contribution in [3.63, 3.8) is 0 Å². The summed E-state index contributed by atoms with van der Waals surface area (Å²) >= 11 is 0. The van der Waals surface area contributed by atoms with Crippen molar-refractivity contribution >= 4 is 15.9 Å². The van der Waals surface area contributed by atoms with Gasteiger partial charge in [0, 0.05) is 32.1 Å². The highest BCUT2D eigenvalue weighted by Gasteiger charge is 2.18. The molecule has 1 aliphatic rings. The van der Waals surface area contributed by atoms with Crippen LogP contribution in [0.4, 0.5) is 0 Å². The Hall–Kier alpha value is -1.44. The van der Waals surface area contributed by atoms with Crippen LogP contribution in [-0.4, -0.2) is 51.4 Å². The van der Waals surface area contributed by atoms with Crippen molar-refractivity contribution in [1.29, 1.82) is 0 Å². The molecule has 29 heavy (non-hydrogen) atoms. The van der Waals surface area contributed by atoms with Gasteiger partial charge in [0.2, 0.25) is 15.9 Å². The predicted octanol–water partition coefficient (Wildman–Crippen LogP) is 3.03. The minimum atomic E-state index is -3.60. The number of piperidine rings is 1. The summed E-state index contributed by atoms with van der Waals surface area (Å²) in [5, 5.41) is 2.89. The number of carbonyl (C=O) groups excluding carboxylic acids is 1. The second-order valence-electron chi connectivity index (χ2n) is 9.01. The first-order valence-corrected chi connectivity index (χ1v) is 12.2. The van der Waals surface area contributed by atoms with E-state index < -0.39 is 10.0 Å². The van der Waals surface area contributed by atoms with E-state index in [4.69, 9.17) is 0 Å². The zero-order valence-corrected chi connectivity index (χ0v) is 19.1. The normalized spacial score (nSPS) is 18.6. The molecule has 0 saturated carbocycles. The molecule has 1 heterocycles. The standard InChI is InChI=1S/C22H37N3O3S/c1-18-8-5-6-16-25(18)17-7-14-23-21(26)13-15-24-29(27,28)20-11-9-19(10-12-20)22(2,3)4/h9-12,18,24H,5-8,13-17H2,1-4H3,(H,23,26). The lowest BCUT2D eigenvalue weighted by atomic mass is 9.87. The molecule has 0 aromatic heterocycles. The number of rotatable bonds is 9. The highest BCUT2D eigenvalue weighted by Crippen LogP contribution is 2.23. The van der Waals surface area contributed by atoms with Crippen LogP contribution in [0.5, 0.6) is 0 Å². The fourth-order valence-electron chi connectivity index (χ4n) is 3.60. The number of benzene rings is 1. The fourth-order valence-corrected chi connectivity index (χ4v) is 4.64. The van der Waals surface area contributed by atoms with Gasteiger partial charge in [-0.3, -0.25) is 4.79 Å². The smallest absolute Gasteiger partial charge is 0.240 e. The Morgan fingerprint density at radius 3 is 2.45 bits per heavy atom. The molecule has 1 unspecified atom stereocenters. The van der Waals surface area contributed by atoms with Crippen LogP contribution >= 0.6 is 0 Å². The second-order valence-corrected chi connectivity index (χ2v) is 10.8. The average Bonchev–Trinajstić information content (AvgIpc) is 2.66. The lowest BCUT2D eigenvalue weighted by Crippen LogP contribution is -2.39. The molecule has 0 aliphatic carbocycles. The third kappa shape index (κ3) is 7.72. The summed E-state index contributed by atoms with van der Waals surface area (Å²) < 4.78 is 27.3. The quantitative estimate of drug-likeness (QED) is 0.599. The topological polar surface area (TPSA) is 78.5 Å². The van der Waals surface area contributed by atoms with Crippen LogP contribution < -0.4 is 10.0 Å². The average molecular weight is 424 g/mol. The van der Waals surface area contributed by atoms with Crippen molar-refractivity contribution in [2.24, 2.45) is 0 Å². The first-order valence-electron chi connectivity index (χ1n) is 10.7. The SMILES string of the molecule is CC1CCCCN1CCCNC(=O)CCNS(=O)(=O)c1ccc(C(C)(C)C)cc1. The van der Waals surface area contributed by atoms with E-state index >= 15 is 0 Å². The first-order chi connectivity index (χ1) is 13.6. The molecule has 1 atom stereocenters. The largest absolute Gasteiger partial charge is 0.356 e. The number of hydrogen-bond acceptors (Lipinski definition) is 4. The summed E-state index contributed by atoms with van der Waals surface area (Å²) in [6.07, 6.45) is 4.88. The minimum absolute atomic E-state index is 0.0279. The van der Waals surface area contributed by atoms with Gasteiger partial charge < -0.3 is 10.2 Å². The van der Waals surface area contributed by atoms with Crippen molar-refractivity contribution in [3.05, 3.63) is 29.8 Å². The van der Waals surface area contributed by atoms with Gasteiger partial charge in [-0.15, -0.1) is 0 Å². The molecule has 1 aromatic rings. The van der Waals surface area contributed by atoms with E-state index in [9.17, 15) is 13.2 Å². The maximum atomic E-state index is 12.4. The molecule has 1 amide bonds. The van der Waals surface area contributed by atoms with Crippen LogP contribution in [0.2, 0.25) is 0 Å². The summed E-state index contributed by atoms with van der Waals surface area (Å²) in [4.78, 5) is 14.7. The van der Waals surface area contributed by atoms with Crippen LogP contribution in [-0.2, 0) is 20.2 Å². The van der Waals surface area contributed by atoms with Crippen molar-refractivity contribution in [1.82, 2.24) is 14.9 Å². The molecule has 1 fully saturated rings. The molecule has 2 rings (SSSR count). The monoisotopic (exact) mass is 423 g/mol. The highest BCUT2D eigenvalue weighted by atomic mass is 32.2. The number of nitrogens with zero attached hydrogens (tertiary/aromatic N) is 1. The Balaban J connectivity index is 1.68. The molecule has 164 valence electrons. The summed E-state index contributed by atoms with van der Waals surface area (Å²) in [6, 6.07) is 7.54. The number of likely N-dealkylation sites (tertiary alicyclic amines) is 1. The van der Waals surface area contributed by atoms with Crippen LogP contribution in [0, 0.1) is 0 Å². The molecular weight excluding hydrogens is 386 g/mol. The van der Waals surface area contributed by atoms with Crippen molar-refractivity contribution in [3.8, 4) is 0 Å². The van der Waals surface area contributed by atoms with Gasteiger partial charge in [0.25, 0.3) is 0 Å². The van der Waals surface area contributed by atoms with Crippen LogP contribution in [0.1, 0.15) is 65.4 Å². The van der Waals surface area contributed by atoms with E-state index in [1.165, 1.54) is 19.3 Å². The Bertz CT molecular complexity index is 755. The number of amides is 1. The second kappa shape index (κ2) is 10.5. The van der Waals surface area contributed by atoms with Crippen molar-refractivity contribution in [2.75, 3.05) is 26.2 Å². The summed E-state index contributed by atoms with van der Waals surface area (Å²) in [5.74, 6) is -0.123. The van der Waals surface area contributed by atoms with Gasteiger partial charge >= 0.3 is 0 Å². The fraction of sp³-hybridized carbons (Fsp3) is 0.682. The van der Waals surface area contributed by atoms with Gasteiger partial charge in [0.05, 0.1) is 4.90 Å². The molecular formula is C22H37N3O3S. The maximum absolute atomic E-state index is 12.4. The summed E-state index contributed by atoms with van der Waals surface area (Å²) in [6.45, 7) is 11.4. The van der Waals surface area contributed by atoms with Gasteiger partial charge in [0.15, 0.2) is 0 Å². The molecule has 1 aromatic carbocycles. The van der Waals surface area contributed by atoms with Gasteiger partial charge in [0.1, 0.15) is 0 Å². The van der Waals surface area contributed by atoms with Gasteiger partial charge in [-0.1, -0.05) is 39.3 Å². The van der Waals surface area contributed by atoms with E-state index in [-0.39, 0.29) is 29.2 Å². The van der Waals surface area contributed by atoms with Gasteiger partial charge in [-0.05, 0) is 55.8 Å². The first kappa shape index (κ1) is 23.8. The molecule has 7 heteroatoms. The lowest BCUT2D eigenvalue weighted by molar-refractivity contribution is -0.120. The van der Waals surface area contributed by atoms with Crippen LogP contribution in [0.3, 0.4) is 0 Å². The molecule has 2 N–H and O–H groups in total. The number of sulfonamides is 1. The Morgan fingerprint density at radius 1 is 1.14 bits per heavy atom. The third-order valence-corrected chi connectivity index (χ3v) is 7.04. The zero-order valence-electron chi connectivity index (χ0n) is 18.3.